The van der Waals surface area contributed by atoms with E-state index in [4.69, 9.17) is 14.2 Å². The van der Waals surface area contributed by atoms with E-state index < -0.39 is 17.7 Å². The molecule has 1 aliphatic heterocycles. The molecule has 1 atom stereocenters. The molecule has 0 aliphatic carbocycles. The molecule has 0 aromatic heterocycles. The first-order chi connectivity index (χ1) is 17.9. The van der Waals surface area contributed by atoms with Gasteiger partial charge in [0, 0.05) is 18.7 Å². The minimum Gasteiger partial charge on any atom is -0.507 e. The van der Waals surface area contributed by atoms with E-state index in [-0.39, 0.29) is 11.3 Å². The minimum absolute atomic E-state index is 0.0558. The van der Waals surface area contributed by atoms with Gasteiger partial charge in [0.05, 0.1) is 31.4 Å². The van der Waals surface area contributed by atoms with Crippen LogP contribution in [-0.4, -0.2) is 72.6 Å². The molecule has 37 heavy (non-hydrogen) atoms. The normalized spacial score (nSPS) is 16.9. The smallest absolute Gasteiger partial charge is 0.295 e. The fraction of sp³-hybridized carbons (Fsp3) is 0.448. The van der Waals surface area contributed by atoms with Gasteiger partial charge in [0.2, 0.25) is 0 Å². The number of hydrogen-bond acceptors (Lipinski definition) is 7. The lowest BCUT2D eigenvalue weighted by atomic mass is 9.95. The van der Waals surface area contributed by atoms with Crippen molar-refractivity contribution in [3.8, 4) is 17.2 Å². The van der Waals surface area contributed by atoms with Crippen LogP contribution in [0, 0.1) is 0 Å². The monoisotopic (exact) mass is 510 g/mol. The number of amides is 1. The average Bonchev–Trinajstić information content (AvgIpc) is 3.16. The zero-order valence-electron chi connectivity index (χ0n) is 22.5. The molecular formula is C29H38N2O6. The van der Waals surface area contributed by atoms with Gasteiger partial charge in [-0.25, -0.2) is 0 Å². The lowest BCUT2D eigenvalue weighted by molar-refractivity contribution is -0.140. The number of likely N-dealkylation sites (tertiary alicyclic amines) is 1. The predicted molar refractivity (Wildman–Crippen MR) is 143 cm³/mol. The van der Waals surface area contributed by atoms with Gasteiger partial charge in [0.25, 0.3) is 11.7 Å². The van der Waals surface area contributed by atoms with Crippen LogP contribution in [0.25, 0.3) is 5.76 Å². The highest BCUT2D eigenvalue weighted by atomic mass is 16.5. The summed E-state index contributed by atoms with van der Waals surface area (Å²) in [6.07, 6.45) is 0. The number of benzene rings is 2. The number of carbonyl (C=O) groups excluding carboxylic acids is 2. The first-order valence-corrected chi connectivity index (χ1v) is 13.0. The highest BCUT2D eigenvalue weighted by molar-refractivity contribution is 6.46. The van der Waals surface area contributed by atoms with Gasteiger partial charge in [0.1, 0.15) is 11.5 Å². The molecule has 0 spiro atoms. The third-order valence-corrected chi connectivity index (χ3v) is 6.41. The molecule has 1 N–H and O–H groups in total. The van der Waals surface area contributed by atoms with Crippen molar-refractivity contribution in [1.29, 1.82) is 0 Å². The largest absolute Gasteiger partial charge is 0.507 e. The van der Waals surface area contributed by atoms with E-state index in [2.05, 4.69) is 18.7 Å². The summed E-state index contributed by atoms with van der Waals surface area (Å²) in [5, 5.41) is 11.3. The topological polar surface area (TPSA) is 88.5 Å². The standard InChI is InChI=1S/C29H38N2O6/c1-6-30(7-2)17-18-31-26(21-13-16-23(36-9-4)24(19-21)37-10-5)25(28(33)29(31)34)27(32)20-11-14-22(15-12-20)35-8-3/h11-16,19,26,32H,6-10,17-18H2,1-5H3/b27-25+/t26-/m0/s1. The second-order valence-electron chi connectivity index (χ2n) is 8.55. The molecule has 2 aromatic carbocycles. The van der Waals surface area contributed by atoms with Gasteiger partial charge in [-0.1, -0.05) is 19.9 Å². The quantitative estimate of drug-likeness (QED) is 0.238. The van der Waals surface area contributed by atoms with E-state index in [1.165, 1.54) is 0 Å². The summed E-state index contributed by atoms with van der Waals surface area (Å²) in [6, 6.07) is 11.5. The molecule has 200 valence electrons. The number of aliphatic hydroxyl groups is 1. The molecule has 8 nitrogen and oxygen atoms in total. The third-order valence-electron chi connectivity index (χ3n) is 6.41. The van der Waals surface area contributed by atoms with Gasteiger partial charge in [-0.05, 0) is 75.8 Å². The fourth-order valence-electron chi connectivity index (χ4n) is 4.52. The van der Waals surface area contributed by atoms with Crippen LogP contribution in [0.5, 0.6) is 17.2 Å². The third kappa shape index (κ3) is 6.25. The number of aliphatic hydroxyl groups excluding tert-OH is 1. The summed E-state index contributed by atoms with van der Waals surface area (Å²) < 4.78 is 17.0. The fourth-order valence-corrected chi connectivity index (χ4v) is 4.52. The maximum atomic E-state index is 13.3. The van der Waals surface area contributed by atoms with Crippen LogP contribution < -0.4 is 14.2 Å². The number of ketones is 1. The van der Waals surface area contributed by atoms with Crippen LogP contribution in [0.4, 0.5) is 0 Å². The Hall–Kier alpha value is -3.52. The van der Waals surface area contributed by atoms with Crippen molar-refractivity contribution >= 4 is 17.4 Å². The molecule has 1 heterocycles. The molecule has 0 radical (unpaired) electrons. The summed E-state index contributed by atoms with van der Waals surface area (Å²) in [6.45, 7) is 13.8. The van der Waals surface area contributed by atoms with Crippen molar-refractivity contribution in [2.45, 2.75) is 40.7 Å². The SMILES string of the molecule is CCOc1ccc(/C(O)=C2\C(=O)C(=O)N(CCN(CC)CC)[C@H]2c2ccc(OCC)c(OCC)c2)cc1. The number of likely N-dealkylation sites (N-methyl/N-ethyl adjacent to an activating group) is 1. The Balaban J connectivity index is 2.13. The van der Waals surface area contributed by atoms with E-state index in [0.29, 0.717) is 61.3 Å². The van der Waals surface area contributed by atoms with Crippen LogP contribution in [0.15, 0.2) is 48.0 Å². The summed E-state index contributed by atoms with van der Waals surface area (Å²) >= 11 is 0. The van der Waals surface area contributed by atoms with Crippen molar-refractivity contribution in [3.63, 3.8) is 0 Å². The number of carbonyl (C=O) groups is 2. The van der Waals surface area contributed by atoms with Crippen LogP contribution in [-0.2, 0) is 9.59 Å². The zero-order chi connectivity index (χ0) is 26.9. The van der Waals surface area contributed by atoms with Crippen molar-refractivity contribution in [1.82, 2.24) is 9.80 Å². The van der Waals surface area contributed by atoms with Gasteiger partial charge < -0.3 is 29.1 Å². The Kier molecular flexibility index (Phi) is 9.97. The Morgan fingerprint density at radius 1 is 0.865 bits per heavy atom. The Bertz CT molecular complexity index is 1110. The molecule has 8 heteroatoms. The van der Waals surface area contributed by atoms with Gasteiger partial charge in [-0.2, -0.15) is 0 Å². The summed E-state index contributed by atoms with van der Waals surface area (Å²) in [5.41, 5.74) is 1.16. The first kappa shape index (κ1) is 28.1. The molecule has 0 saturated carbocycles. The van der Waals surface area contributed by atoms with Gasteiger partial charge in [-0.15, -0.1) is 0 Å². The second kappa shape index (κ2) is 13.1. The molecule has 1 saturated heterocycles. The van der Waals surface area contributed by atoms with E-state index >= 15 is 0 Å². The molecule has 3 rings (SSSR count). The Morgan fingerprint density at radius 2 is 1.49 bits per heavy atom. The molecule has 1 fully saturated rings. The van der Waals surface area contributed by atoms with Crippen LogP contribution >= 0.6 is 0 Å². The van der Waals surface area contributed by atoms with Crippen LogP contribution in [0.2, 0.25) is 0 Å². The highest BCUT2D eigenvalue weighted by Crippen LogP contribution is 2.42. The van der Waals surface area contributed by atoms with Crippen LogP contribution in [0.3, 0.4) is 0 Å². The zero-order valence-corrected chi connectivity index (χ0v) is 22.5. The molecule has 0 bridgehead atoms. The lowest BCUT2D eigenvalue weighted by Crippen LogP contribution is -2.38. The Morgan fingerprint density at radius 3 is 2.08 bits per heavy atom. The maximum absolute atomic E-state index is 13.3. The maximum Gasteiger partial charge on any atom is 0.295 e. The van der Waals surface area contributed by atoms with E-state index in [1.807, 2.05) is 26.8 Å². The van der Waals surface area contributed by atoms with Gasteiger partial charge >= 0.3 is 0 Å². The highest BCUT2D eigenvalue weighted by Gasteiger charge is 2.46. The number of hydrogen-bond donors (Lipinski definition) is 1. The minimum atomic E-state index is -0.767. The van der Waals surface area contributed by atoms with E-state index in [9.17, 15) is 14.7 Å². The molecular weight excluding hydrogens is 472 g/mol. The molecule has 2 aromatic rings. The van der Waals surface area contributed by atoms with Crippen molar-refractivity contribution < 1.29 is 28.9 Å². The predicted octanol–water partition coefficient (Wildman–Crippen LogP) is 4.65. The number of nitrogens with zero attached hydrogens (tertiary/aromatic N) is 2. The number of Topliss-reactive ketones (excluding diaryl/α,β-unsaturated/α-hetero) is 1. The number of ether oxygens (including phenoxy) is 3. The van der Waals surface area contributed by atoms with E-state index in [1.54, 1.807) is 41.3 Å². The summed E-state index contributed by atoms with van der Waals surface area (Å²) in [4.78, 5) is 30.4. The Labute approximate surface area is 219 Å². The summed E-state index contributed by atoms with van der Waals surface area (Å²) in [5.74, 6) is 0.211. The lowest BCUT2D eigenvalue weighted by Gasteiger charge is -2.28. The van der Waals surface area contributed by atoms with Gasteiger partial charge in [0.15, 0.2) is 11.5 Å². The second-order valence-corrected chi connectivity index (χ2v) is 8.55. The molecule has 0 unspecified atom stereocenters. The van der Waals surface area contributed by atoms with Crippen molar-refractivity contribution in [3.05, 3.63) is 59.2 Å². The van der Waals surface area contributed by atoms with Crippen molar-refractivity contribution in [2.24, 2.45) is 0 Å². The van der Waals surface area contributed by atoms with Crippen LogP contribution in [0.1, 0.15) is 51.8 Å². The molecule has 1 aliphatic rings. The summed E-state index contributed by atoms with van der Waals surface area (Å²) in [7, 11) is 0. The number of rotatable bonds is 13. The average molecular weight is 511 g/mol. The molecule has 1 amide bonds. The first-order valence-electron chi connectivity index (χ1n) is 13.0. The van der Waals surface area contributed by atoms with Crippen molar-refractivity contribution in [2.75, 3.05) is 46.0 Å². The van der Waals surface area contributed by atoms with E-state index in [0.717, 1.165) is 13.1 Å². The van der Waals surface area contributed by atoms with Gasteiger partial charge in [-0.3, -0.25) is 9.59 Å².